The van der Waals surface area contributed by atoms with Crippen LogP contribution in [-0.4, -0.2) is 17.4 Å². The minimum absolute atomic E-state index is 0.0621. The first-order valence-electron chi connectivity index (χ1n) is 5.35. The van der Waals surface area contributed by atoms with E-state index in [1.807, 2.05) is 0 Å². The topological polar surface area (TPSA) is 46.5 Å². The predicted octanol–water partition coefficient (Wildman–Crippen LogP) is 3.01. The highest BCUT2D eigenvalue weighted by molar-refractivity contribution is 6.30. The average Bonchev–Trinajstić information content (AvgIpc) is 2.34. The summed E-state index contributed by atoms with van der Waals surface area (Å²) < 4.78 is 0. The quantitative estimate of drug-likeness (QED) is 0.728. The van der Waals surface area contributed by atoms with E-state index >= 15 is 0 Å². The van der Waals surface area contributed by atoms with Crippen molar-refractivity contribution in [2.75, 3.05) is 0 Å². The van der Waals surface area contributed by atoms with Crippen molar-refractivity contribution in [3.05, 3.63) is 58.7 Å². The number of hydrogen-bond acceptors (Lipinski definition) is 2. The molecule has 0 heterocycles. The minimum Gasteiger partial charge on any atom is -0.290 e. The summed E-state index contributed by atoms with van der Waals surface area (Å²) in [7, 11) is 0. The van der Waals surface area contributed by atoms with Gasteiger partial charge in [-0.05, 0) is 55.0 Å². The first kappa shape index (κ1) is 12.5. The van der Waals surface area contributed by atoms with Gasteiger partial charge in [-0.25, -0.2) is 4.99 Å². The van der Waals surface area contributed by atoms with E-state index in [0.717, 1.165) is 0 Å². The molecular formula is C14H10ClNO2. The van der Waals surface area contributed by atoms with Gasteiger partial charge in [-0.3, -0.25) is 9.59 Å². The smallest absolute Gasteiger partial charge is 0.277 e. The summed E-state index contributed by atoms with van der Waals surface area (Å²) >= 11 is 5.74. The second kappa shape index (κ2) is 5.10. The number of carbonyl (C=O) groups is 2. The molecule has 0 saturated carbocycles. The maximum Gasteiger partial charge on any atom is 0.277 e. The Morgan fingerprint density at radius 2 is 1.83 bits per heavy atom. The predicted molar refractivity (Wildman–Crippen MR) is 71.1 cm³/mol. The third kappa shape index (κ3) is 2.81. The zero-order valence-electron chi connectivity index (χ0n) is 9.68. The molecule has 0 saturated heterocycles. The van der Waals surface area contributed by atoms with Crippen molar-refractivity contribution in [3.8, 4) is 0 Å². The molecule has 4 heteroatoms. The standard InChI is InChI=1S/C14H10ClNO2/c1-9-8-12(6-7-13(9)17)16-14(18)10-2-4-11(15)5-3-10/h2-8H,1H3. The summed E-state index contributed by atoms with van der Waals surface area (Å²) in [5.41, 5.74) is 1.51. The lowest BCUT2D eigenvalue weighted by molar-refractivity contribution is -0.111. The normalized spacial score (nSPS) is 16.9. The van der Waals surface area contributed by atoms with Crippen molar-refractivity contribution in [1.82, 2.24) is 0 Å². The van der Waals surface area contributed by atoms with Crippen LogP contribution in [0.1, 0.15) is 17.3 Å². The maximum absolute atomic E-state index is 11.8. The number of allylic oxidation sites excluding steroid dienone is 4. The summed E-state index contributed by atoms with van der Waals surface area (Å²) in [6.07, 6.45) is 4.53. The molecule has 0 aromatic heterocycles. The Morgan fingerprint density at radius 3 is 2.44 bits per heavy atom. The third-order valence-corrected chi connectivity index (χ3v) is 2.73. The molecule has 0 aliphatic heterocycles. The Bertz CT molecular complexity index is 595. The van der Waals surface area contributed by atoms with Crippen LogP contribution < -0.4 is 0 Å². The molecule has 18 heavy (non-hydrogen) atoms. The van der Waals surface area contributed by atoms with E-state index in [1.165, 1.54) is 12.2 Å². The summed E-state index contributed by atoms with van der Waals surface area (Å²) in [6.45, 7) is 1.69. The SMILES string of the molecule is CC1=CC(=NC(=O)c2ccc(Cl)cc2)C=CC1=O. The average molecular weight is 260 g/mol. The van der Waals surface area contributed by atoms with Gasteiger partial charge in [-0.2, -0.15) is 0 Å². The van der Waals surface area contributed by atoms with Crippen LogP contribution in [0.4, 0.5) is 0 Å². The second-order valence-corrected chi connectivity index (χ2v) is 4.31. The van der Waals surface area contributed by atoms with Gasteiger partial charge in [0, 0.05) is 10.6 Å². The highest BCUT2D eigenvalue weighted by atomic mass is 35.5. The third-order valence-electron chi connectivity index (χ3n) is 2.48. The van der Waals surface area contributed by atoms with E-state index in [2.05, 4.69) is 4.99 Å². The number of amides is 1. The number of ketones is 1. The van der Waals surface area contributed by atoms with Gasteiger partial charge >= 0.3 is 0 Å². The maximum atomic E-state index is 11.8. The molecule has 0 fully saturated rings. The van der Waals surface area contributed by atoms with Gasteiger partial charge < -0.3 is 0 Å². The minimum atomic E-state index is -0.357. The Labute approximate surface area is 109 Å². The largest absolute Gasteiger partial charge is 0.290 e. The molecule has 2 rings (SSSR count). The molecule has 0 unspecified atom stereocenters. The van der Waals surface area contributed by atoms with Crippen molar-refractivity contribution in [2.24, 2.45) is 4.99 Å². The number of halogens is 1. The first-order valence-corrected chi connectivity index (χ1v) is 5.73. The number of benzene rings is 1. The molecular weight excluding hydrogens is 250 g/mol. The molecule has 3 nitrogen and oxygen atoms in total. The molecule has 1 aliphatic rings. The highest BCUT2D eigenvalue weighted by Crippen LogP contribution is 2.11. The Hall–Kier alpha value is -2.00. The van der Waals surface area contributed by atoms with Crippen molar-refractivity contribution < 1.29 is 9.59 Å². The van der Waals surface area contributed by atoms with Gasteiger partial charge in [0.2, 0.25) is 0 Å². The van der Waals surface area contributed by atoms with Crippen LogP contribution in [-0.2, 0) is 4.79 Å². The van der Waals surface area contributed by atoms with Gasteiger partial charge in [0.15, 0.2) is 5.78 Å². The number of aliphatic imine (C=N–C) groups is 1. The number of carbonyl (C=O) groups excluding carboxylic acids is 2. The van der Waals surface area contributed by atoms with Crippen LogP contribution in [0, 0.1) is 0 Å². The van der Waals surface area contributed by atoms with Gasteiger partial charge in [0.1, 0.15) is 0 Å². The monoisotopic (exact) mass is 259 g/mol. The summed E-state index contributed by atoms with van der Waals surface area (Å²) in [5.74, 6) is -0.419. The van der Waals surface area contributed by atoms with E-state index in [-0.39, 0.29) is 11.7 Å². The lowest BCUT2D eigenvalue weighted by Crippen LogP contribution is -2.07. The van der Waals surface area contributed by atoms with E-state index in [0.29, 0.717) is 21.9 Å². The Balaban J connectivity index is 2.24. The summed E-state index contributed by atoms with van der Waals surface area (Å²) in [6, 6.07) is 6.50. The number of nitrogens with zero attached hydrogens (tertiary/aromatic N) is 1. The van der Waals surface area contributed by atoms with Crippen molar-refractivity contribution in [2.45, 2.75) is 6.92 Å². The highest BCUT2D eigenvalue weighted by Gasteiger charge is 2.09. The fraction of sp³-hybridized carbons (Fsp3) is 0.0714. The Kier molecular flexibility index (Phi) is 3.53. The molecule has 1 aromatic carbocycles. The van der Waals surface area contributed by atoms with Crippen LogP contribution in [0.3, 0.4) is 0 Å². The zero-order chi connectivity index (χ0) is 13.1. The van der Waals surface area contributed by atoms with Gasteiger partial charge in [0.25, 0.3) is 5.91 Å². The zero-order valence-corrected chi connectivity index (χ0v) is 10.4. The van der Waals surface area contributed by atoms with Crippen molar-refractivity contribution in [1.29, 1.82) is 0 Å². The van der Waals surface area contributed by atoms with Crippen molar-refractivity contribution >= 4 is 29.0 Å². The molecule has 0 atom stereocenters. The van der Waals surface area contributed by atoms with Crippen LogP contribution >= 0.6 is 11.6 Å². The Morgan fingerprint density at radius 1 is 1.17 bits per heavy atom. The van der Waals surface area contributed by atoms with Crippen LogP contribution in [0.25, 0.3) is 0 Å². The fourth-order valence-corrected chi connectivity index (χ4v) is 1.60. The van der Waals surface area contributed by atoms with Gasteiger partial charge in [0.05, 0.1) is 5.71 Å². The number of hydrogen-bond donors (Lipinski definition) is 0. The van der Waals surface area contributed by atoms with E-state index < -0.39 is 0 Å². The van der Waals surface area contributed by atoms with Crippen LogP contribution in [0.5, 0.6) is 0 Å². The van der Waals surface area contributed by atoms with Crippen LogP contribution in [0.2, 0.25) is 5.02 Å². The van der Waals surface area contributed by atoms with E-state index in [4.69, 9.17) is 11.6 Å². The van der Waals surface area contributed by atoms with Gasteiger partial charge in [-0.1, -0.05) is 11.6 Å². The molecule has 0 bridgehead atoms. The molecule has 0 radical (unpaired) electrons. The lowest BCUT2D eigenvalue weighted by atomic mass is 10.1. The second-order valence-electron chi connectivity index (χ2n) is 3.87. The molecule has 1 aromatic rings. The van der Waals surface area contributed by atoms with Crippen molar-refractivity contribution in [3.63, 3.8) is 0 Å². The van der Waals surface area contributed by atoms with E-state index in [1.54, 1.807) is 37.3 Å². The van der Waals surface area contributed by atoms with E-state index in [9.17, 15) is 9.59 Å². The summed E-state index contributed by atoms with van der Waals surface area (Å²) in [4.78, 5) is 27.0. The number of rotatable bonds is 1. The van der Waals surface area contributed by atoms with Gasteiger partial charge in [-0.15, -0.1) is 0 Å². The fourth-order valence-electron chi connectivity index (χ4n) is 1.48. The van der Waals surface area contributed by atoms with Crippen LogP contribution in [0.15, 0.2) is 53.1 Å². The molecule has 0 N–H and O–H groups in total. The molecule has 0 spiro atoms. The molecule has 1 amide bonds. The lowest BCUT2D eigenvalue weighted by Gasteiger charge is -2.03. The molecule has 90 valence electrons. The molecule has 1 aliphatic carbocycles. The first-order chi connectivity index (χ1) is 8.56. The summed E-state index contributed by atoms with van der Waals surface area (Å²) in [5, 5.41) is 0.568.